The molecule has 1 rings (SSSR count). The van der Waals surface area contributed by atoms with Crippen LogP contribution < -0.4 is 10.1 Å². The molecule has 0 bridgehead atoms. The first-order valence-corrected chi connectivity index (χ1v) is 5.55. The lowest BCUT2D eigenvalue weighted by atomic mass is 10.1. The molecule has 0 aliphatic rings. The number of ether oxygens (including phenoxy) is 1. The maximum atomic E-state index is 5.85. The summed E-state index contributed by atoms with van der Waals surface area (Å²) in [5, 5.41) is 3.24. The number of nitrogens with one attached hydrogen (secondary N) is 1. The molecule has 1 aromatic carbocycles. The van der Waals surface area contributed by atoms with Crippen LogP contribution in [0.4, 0.5) is 0 Å². The lowest BCUT2D eigenvalue weighted by Crippen LogP contribution is -2.31. The van der Waals surface area contributed by atoms with Crippen molar-refractivity contribution in [3.05, 3.63) is 29.3 Å². The van der Waals surface area contributed by atoms with E-state index in [1.54, 1.807) is 0 Å². The van der Waals surface area contributed by atoms with Gasteiger partial charge in [-0.15, -0.1) is 0 Å². The number of hydrogen-bond donors (Lipinski definition) is 1. The maximum absolute atomic E-state index is 5.85. The van der Waals surface area contributed by atoms with Gasteiger partial charge in [-0.1, -0.05) is 25.1 Å². The van der Waals surface area contributed by atoms with Crippen LogP contribution in [0.15, 0.2) is 18.2 Å². The van der Waals surface area contributed by atoms with Crippen LogP contribution in [0.2, 0.25) is 0 Å². The normalized spacial score (nSPS) is 12.5. The third-order valence-corrected chi connectivity index (χ3v) is 2.74. The zero-order chi connectivity index (χ0) is 11.3. The molecule has 0 heterocycles. The van der Waals surface area contributed by atoms with E-state index < -0.39 is 0 Å². The Hall–Kier alpha value is -1.02. The summed E-state index contributed by atoms with van der Waals surface area (Å²) in [6, 6.07) is 6.67. The van der Waals surface area contributed by atoms with Gasteiger partial charge in [0.1, 0.15) is 12.4 Å². The van der Waals surface area contributed by atoms with Crippen molar-refractivity contribution in [1.29, 1.82) is 0 Å². The Morgan fingerprint density at radius 1 is 1.27 bits per heavy atom. The van der Waals surface area contributed by atoms with Crippen molar-refractivity contribution < 1.29 is 4.74 Å². The van der Waals surface area contributed by atoms with E-state index >= 15 is 0 Å². The van der Waals surface area contributed by atoms with Gasteiger partial charge in [-0.05, 0) is 38.4 Å². The molecule has 0 aromatic heterocycles. The topological polar surface area (TPSA) is 21.3 Å². The number of benzene rings is 1. The van der Waals surface area contributed by atoms with Crippen LogP contribution in [0.5, 0.6) is 5.75 Å². The fourth-order valence-corrected chi connectivity index (χ4v) is 1.62. The minimum Gasteiger partial charge on any atom is -0.491 e. The quantitative estimate of drug-likeness (QED) is 0.801. The van der Waals surface area contributed by atoms with E-state index in [1.165, 1.54) is 11.1 Å². The molecule has 1 atom stereocenters. The summed E-state index contributed by atoms with van der Waals surface area (Å²) in [6.07, 6.45) is 1.08. The Morgan fingerprint density at radius 2 is 1.87 bits per heavy atom. The molecule has 0 saturated heterocycles. The van der Waals surface area contributed by atoms with Crippen LogP contribution in [0.1, 0.15) is 24.5 Å². The highest BCUT2D eigenvalue weighted by molar-refractivity contribution is 5.39. The predicted octanol–water partition coefficient (Wildman–Crippen LogP) is 2.68. The second-order valence-electron chi connectivity index (χ2n) is 3.93. The number of para-hydroxylation sites is 1. The number of hydrogen-bond acceptors (Lipinski definition) is 2. The highest BCUT2D eigenvalue weighted by atomic mass is 16.5. The van der Waals surface area contributed by atoms with Crippen LogP contribution in [0.25, 0.3) is 0 Å². The molecule has 0 aliphatic heterocycles. The first-order valence-electron chi connectivity index (χ1n) is 5.55. The molecule has 0 fully saturated rings. The first kappa shape index (κ1) is 12.1. The van der Waals surface area contributed by atoms with Gasteiger partial charge in [-0.3, -0.25) is 0 Å². The summed E-state index contributed by atoms with van der Waals surface area (Å²) < 4.78 is 5.85. The Morgan fingerprint density at radius 3 is 2.33 bits per heavy atom. The van der Waals surface area contributed by atoms with E-state index in [0.717, 1.165) is 18.8 Å². The molecule has 84 valence electrons. The monoisotopic (exact) mass is 207 g/mol. The summed E-state index contributed by atoms with van der Waals surface area (Å²) >= 11 is 0. The third kappa shape index (κ3) is 3.24. The molecule has 0 saturated carbocycles. The molecule has 0 aliphatic carbocycles. The third-order valence-electron chi connectivity index (χ3n) is 2.74. The van der Waals surface area contributed by atoms with Gasteiger partial charge in [0.25, 0.3) is 0 Å². The minimum absolute atomic E-state index is 0.434. The van der Waals surface area contributed by atoms with Gasteiger partial charge < -0.3 is 10.1 Å². The molecule has 1 aromatic rings. The predicted molar refractivity (Wildman–Crippen MR) is 64.5 cm³/mol. The van der Waals surface area contributed by atoms with Gasteiger partial charge in [0.15, 0.2) is 0 Å². The van der Waals surface area contributed by atoms with E-state index in [1.807, 2.05) is 7.05 Å². The Balaban J connectivity index is 2.64. The second kappa shape index (κ2) is 5.76. The standard InChI is InChI=1S/C13H21NO/c1-5-12(14-4)9-15-13-10(2)7-6-8-11(13)3/h6-8,12,14H,5,9H2,1-4H3. The van der Waals surface area contributed by atoms with Crippen molar-refractivity contribution in [3.63, 3.8) is 0 Å². The smallest absolute Gasteiger partial charge is 0.125 e. The summed E-state index contributed by atoms with van der Waals surface area (Å²) in [6.45, 7) is 7.07. The van der Waals surface area contributed by atoms with E-state index in [-0.39, 0.29) is 0 Å². The van der Waals surface area contributed by atoms with Gasteiger partial charge in [0.05, 0.1) is 0 Å². The second-order valence-corrected chi connectivity index (χ2v) is 3.93. The van der Waals surface area contributed by atoms with Crippen LogP contribution >= 0.6 is 0 Å². The highest BCUT2D eigenvalue weighted by Gasteiger charge is 2.07. The summed E-state index contributed by atoms with van der Waals surface area (Å²) in [5.74, 6) is 1.03. The summed E-state index contributed by atoms with van der Waals surface area (Å²) in [7, 11) is 1.97. The van der Waals surface area contributed by atoms with Crippen LogP contribution in [-0.4, -0.2) is 19.7 Å². The first-order chi connectivity index (χ1) is 7.19. The highest BCUT2D eigenvalue weighted by Crippen LogP contribution is 2.22. The van der Waals surface area contributed by atoms with Crippen LogP contribution in [-0.2, 0) is 0 Å². The lowest BCUT2D eigenvalue weighted by Gasteiger charge is -2.17. The largest absolute Gasteiger partial charge is 0.491 e. The Bertz CT molecular complexity index is 285. The number of rotatable bonds is 5. The van der Waals surface area contributed by atoms with E-state index in [9.17, 15) is 0 Å². The van der Waals surface area contributed by atoms with Gasteiger partial charge in [0.2, 0.25) is 0 Å². The zero-order valence-electron chi connectivity index (χ0n) is 10.1. The van der Waals surface area contributed by atoms with Gasteiger partial charge in [0, 0.05) is 6.04 Å². The molecule has 1 N–H and O–H groups in total. The van der Waals surface area contributed by atoms with Crippen molar-refractivity contribution in [1.82, 2.24) is 5.32 Å². The molecule has 0 spiro atoms. The SMILES string of the molecule is CCC(COc1c(C)cccc1C)NC. The molecule has 2 nitrogen and oxygen atoms in total. The van der Waals surface area contributed by atoms with Gasteiger partial charge in [-0.25, -0.2) is 0 Å². The summed E-state index contributed by atoms with van der Waals surface area (Å²) in [5.41, 5.74) is 2.42. The van der Waals surface area contributed by atoms with E-state index in [2.05, 4.69) is 44.3 Å². The Labute approximate surface area is 92.6 Å². The molecule has 0 amide bonds. The fourth-order valence-electron chi connectivity index (χ4n) is 1.62. The molecule has 0 radical (unpaired) electrons. The van der Waals surface area contributed by atoms with Gasteiger partial charge >= 0.3 is 0 Å². The van der Waals surface area contributed by atoms with Crippen molar-refractivity contribution >= 4 is 0 Å². The minimum atomic E-state index is 0.434. The van der Waals surface area contributed by atoms with Crippen LogP contribution in [0.3, 0.4) is 0 Å². The maximum Gasteiger partial charge on any atom is 0.125 e. The van der Waals surface area contributed by atoms with Crippen molar-refractivity contribution in [2.45, 2.75) is 33.2 Å². The lowest BCUT2D eigenvalue weighted by molar-refractivity contribution is 0.264. The average molecular weight is 207 g/mol. The van der Waals surface area contributed by atoms with Crippen molar-refractivity contribution in [2.24, 2.45) is 0 Å². The molecular weight excluding hydrogens is 186 g/mol. The van der Waals surface area contributed by atoms with E-state index in [0.29, 0.717) is 6.04 Å². The van der Waals surface area contributed by atoms with Gasteiger partial charge in [-0.2, -0.15) is 0 Å². The average Bonchev–Trinajstić information content (AvgIpc) is 2.23. The number of aryl methyl sites for hydroxylation is 2. The van der Waals surface area contributed by atoms with Crippen molar-refractivity contribution in [2.75, 3.05) is 13.7 Å². The van der Waals surface area contributed by atoms with Crippen LogP contribution in [0, 0.1) is 13.8 Å². The molecule has 2 heteroatoms. The fraction of sp³-hybridized carbons (Fsp3) is 0.538. The molecule has 1 unspecified atom stereocenters. The van der Waals surface area contributed by atoms with E-state index in [4.69, 9.17) is 4.74 Å². The molecular formula is C13H21NO. The van der Waals surface area contributed by atoms with Crippen molar-refractivity contribution in [3.8, 4) is 5.75 Å². The molecule has 15 heavy (non-hydrogen) atoms. The summed E-state index contributed by atoms with van der Waals surface area (Å²) in [4.78, 5) is 0. The number of likely N-dealkylation sites (N-methyl/N-ethyl adjacent to an activating group) is 1. The Kier molecular flexibility index (Phi) is 4.63. The zero-order valence-corrected chi connectivity index (χ0v) is 10.1.